The Morgan fingerprint density at radius 2 is 2.18 bits per heavy atom. The number of pyridine rings is 1. The number of nitrogens with zero attached hydrogens (tertiary/aromatic N) is 5. The molecule has 0 saturated carbocycles. The zero-order chi connectivity index (χ0) is 15.9. The number of aryl methyl sites for hydroxylation is 1. The lowest BCUT2D eigenvalue weighted by molar-refractivity contribution is 0.727. The first-order valence-electron chi connectivity index (χ1n) is 6.30. The van der Waals surface area contributed by atoms with Crippen molar-refractivity contribution in [3.8, 4) is 0 Å². The lowest BCUT2D eigenvalue weighted by atomic mass is 10.2. The van der Waals surface area contributed by atoms with Crippen molar-refractivity contribution in [3.63, 3.8) is 0 Å². The SMILES string of the molecule is CSc1nc2n(Cc3cnc(Cl)c(Br)c3)c(C)cc(=O)n2n1. The van der Waals surface area contributed by atoms with Crippen molar-refractivity contribution in [2.75, 3.05) is 6.26 Å². The summed E-state index contributed by atoms with van der Waals surface area (Å²) < 4.78 is 3.97. The molecule has 0 aromatic carbocycles. The standard InChI is InChI=1S/C13H11BrClN5OS/c1-7-3-10(21)20-13(17-12(18-20)22-2)19(7)6-8-4-9(14)11(15)16-5-8/h3-5H,6H2,1-2H3. The fourth-order valence-corrected chi connectivity index (χ4v) is 2.93. The van der Waals surface area contributed by atoms with Gasteiger partial charge in [0.25, 0.3) is 5.56 Å². The minimum atomic E-state index is -0.188. The van der Waals surface area contributed by atoms with Gasteiger partial charge in [0.1, 0.15) is 5.15 Å². The molecule has 22 heavy (non-hydrogen) atoms. The van der Waals surface area contributed by atoms with E-state index in [1.165, 1.54) is 16.3 Å². The summed E-state index contributed by atoms with van der Waals surface area (Å²) in [7, 11) is 0. The Morgan fingerprint density at radius 1 is 1.41 bits per heavy atom. The molecule has 0 N–H and O–H groups in total. The third-order valence-corrected chi connectivity index (χ3v) is 4.83. The minimum Gasteiger partial charge on any atom is -0.310 e. The Bertz CT molecular complexity index is 923. The van der Waals surface area contributed by atoms with Gasteiger partial charge in [-0.2, -0.15) is 9.50 Å². The Kier molecular flexibility index (Phi) is 4.24. The molecule has 0 bridgehead atoms. The van der Waals surface area contributed by atoms with Crippen molar-refractivity contribution in [2.24, 2.45) is 0 Å². The molecule has 0 saturated heterocycles. The highest BCUT2D eigenvalue weighted by Gasteiger charge is 2.12. The first-order chi connectivity index (χ1) is 10.5. The Morgan fingerprint density at radius 3 is 2.86 bits per heavy atom. The molecule has 114 valence electrons. The van der Waals surface area contributed by atoms with E-state index in [4.69, 9.17) is 11.6 Å². The molecule has 3 aromatic heterocycles. The van der Waals surface area contributed by atoms with Gasteiger partial charge in [-0.1, -0.05) is 23.4 Å². The summed E-state index contributed by atoms with van der Waals surface area (Å²) in [6, 6.07) is 3.44. The quantitative estimate of drug-likeness (QED) is 0.500. The second kappa shape index (κ2) is 6.02. The van der Waals surface area contributed by atoms with Gasteiger partial charge < -0.3 is 4.57 Å². The fourth-order valence-electron chi connectivity index (χ4n) is 2.10. The zero-order valence-electron chi connectivity index (χ0n) is 11.7. The predicted octanol–water partition coefficient (Wildman–Crippen LogP) is 2.78. The Balaban J connectivity index is 2.15. The molecule has 0 aliphatic carbocycles. The summed E-state index contributed by atoms with van der Waals surface area (Å²) in [6.07, 6.45) is 3.57. The number of aromatic nitrogens is 5. The van der Waals surface area contributed by atoms with E-state index in [1.807, 2.05) is 23.8 Å². The van der Waals surface area contributed by atoms with Gasteiger partial charge in [-0.05, 0) is 40.7 Å². The number of hydrogen-bond acceptors (Lipinski definition) is 5. The molecule has 3 heterocycles. The van der Waals surface area contributed by atoms with Crippen molar-refractivity contribution in [1.82, 2.24) is 24.1 Å². The van der Waals surface area contributed by atoms with Crippen LogP contribution in [0.15, 0.2) is 32.8 Å². The summed E-state index contributed by atoms with van der Waals surface area (Å²) >= 11 is 10.7. The van der Waals surface area contributed by atoms with Gasteiger partial charge in [-0.25, -0.2) is 4.98 Å². The van der Waals surface area contributed by atoms with Gasteiger partial charge >= 0.3 is 0 Å². The lowest BCUT2D eigenvalue weighted by Gasteiger charge is -2.11. The molecular weight excluding hydrogens is 390 g/mol. The predicted molar refractivity (Wildman–Crippen MR) is 89.8 cm³/mol. The molecule has 6 nitrogen and oxygen atoms in total. The maximum Gasteiger partial charge on any atom is 0.275 e. The van der Waals surface area contributed by atoms with Crippen LogP contribution in [0.1, 0.15) is 11.3 Å². The molecule has 9 heteroatoms. The maximum absolute atomic E-state index is 12.0. The van der Waals surface area contributed by atoms with Gasteiger partial charge in [-0.3, -0.25) is 4.79 Å². The number of hydrogen-bond donors (Lipinski definition) is 0. The monoisotopic (exact) mass is 399 g/mol. The van der Waals surface area contributed by atoms with Crippen molar-refractivity contribution in [2.45, 2.75) is 18.6 Å². The average Bonchev–Trinajstić information content (AvgIpc) is 2.92. The first kappa shape index (κ1) is 15.5. The number of fused-ring (bicyclic) bond motifs is 1. The van der Waals surface area contributed by atoms with Crippen LogP contribution in [0, 0.1) is 6.92 Å². The molecule has 0 amide bonds. The molecule has 0 aliphatic heterocycles. The van der Waals surface area contributed by atoms with Crippen LogP contribution in [0.25, 0.3) is 5.78 Å². The van der Waals surface area contributed by atoms with Crippen molar-refractivity contribution in [3.05, 3.63) is 49.6 Å². The summed E-state index contributed by atoms with van der Waals surface area (Å²) in [6.45, 7) is 2.39. The molecular formula is C13H11BrClN5OS. The first-order valence-corrected chi connectivity index (χ1v) is 8.70. The molecule has 0 radical (unpaired) electrons. The summed E-state index contributed by atoms with van der Waals surface area (Å²) in [5.41, 5.74) is 1.56. The highest BCUT2D eigenvalue weighted by Crippen LogP contribution is 2.21. The summed E-state index contributed by atoms with van der Waals surface area (Å²) in [4.78, 5) is 20.6. The van der Waals surface area contributed by atoms with E-state index < -0.39 is 0 Å². The maximum atomic E-state index is 12.0. The molecule has 0 unspecified atom stereocenters. The van der Waals surface area contributed by atoms with E-state index in [2.05, 4.69) is 31.0 Å². The third-order valence-electron chi connectivity index (χ3n) is 3.16. The normalized spacial score (nSPS) is 11.3. The van der Waals surface area contributed by atoms with E-state index in [0.717, 1.165) is 15.7 Å². The molecule has 3 aromatic rings. The average molecular weight is 401 g/mol. The largest absolute Gasteiger partial charge is 0.310 e. The minimum absolute atomic E-state index is 0.188. The van der Waals surface area contributed by atoms with Gasteiger partial charge in [-0.15, -0.1) is 5.10 Å². The van der Waals surface area contributed by atoms with Gasteiger partial charge in [0.05, 0.1) is 11.0 Å². The van der Waals surface area contributed by atoms with Crippen LogP contribution in [0.2, 0.25) is 5.15 Å². The molecule has 3 rings (SSSR count). The third kappa shape index (κ3) is 2.78. The Labute approximate surface area is 143 Å². The van der Waals surface area contributed by atoms with E-state index >= 15 is 0 Å². The number of halogens is 2. The fraction of sp³-hybridized carbons (Fsp3) is 0.231. The van der Waals surface area contributed by atoms with Gasteiger partial charge in [0, 0.05) is 18.0 Å². The summed E-state index contributed by atoms with van der Waals surface area (Å²) in [5.74, 6) is 0.514. The number of thioether (sulfide) groups is 1. The number of rotatable bonds is 3. The van der Waals surface area contributed by atoms with Crippen LogP contribution < -0.4 is 5.56 Å². The lowest BCUT2D eigenvalue weighted by Crippen LogP contribution is -2.20. The van der Waals surface area contributed by atoms with Gasteiger partial charge in [0.15, 0.2) is 0 Å². The van der Waals surface area contributed by atoms with Crippen LogP contribution in [-0.2, 0) is 6.54 Å². The molecule has 0 atom stereocenters. The molecule has 0 aliphatic rings. The Hall–Kier alpha value is -1.38. The van der Waals surface area contributed by atoms with Crippen LogP contribution in [0.5, 0.6) is 0 Å². The van der Waals surface area contributed by atoms with E-state index in [9.17, 15) is 4.79 Å². The molecule has 0 spiro atoms. The van der Waals surface area contributed by atoms with E-state index in [1.54, 1.807) is 12.3 Å². The van der Waals surface area contributed by atoms with Crippen LogP contribution >= 0.6 is 39.3 Å². The van der Waals surface area contributed by atoms with Crippen LogP contribution in [0.3, 0.4) is 0 Å². The van der Waals surface area contributed by atoms with E-state index in [-0.39, 0.29) is 5.56 Å². The zero-order valence-corrected chi connectivity index (χ0v) is 14.9. The highest BCUT2D eigenvalue weighted by molar-refractivity contribution is 9.10. The highest BCUT2D eigenvalue weighted by atomic mass is 79.9. The van der Waals surface area contributed by atoms with Crippen molar-refractivity contribution >= 4 is 45.1 Å². The van der Waals surface area contributed by atoms with Crippen LogP contribution in [0.4, 0.5) is 0 Å². The summed E-state index contributed by atoms with van der Waals surface area (Å²) in [5, 5.41) is 5.17. The molecule has 0 fully saturated rings. The van der Waals surface area contributed by atoms with Gasteiger partial charge in [0.2, 0.25) is 10.9 Å². The van der Waals surface area contributed by atoms with Crippen LogP contribution in [-0.4, -0.2) is 30.4 Å². The smallest absolute Gasteiger partial charge is 0.275 e. The second-order valence-corrected chi connectivity index (χ2v) is 6.62. The second-order valence-electron chi connectivity index (χ2n) is 4.64. The van der Waals surface area contributed by atoms with Crippen molar-refractivity contribution in [1.29, 1.82) is 0 Å². The van der Waals surface area contributed by atoms with Crippen molar-refractivity contribution < 1.29 is 0 Å². The topological polar surface area (TPSA) is 65.1 Å². The van der Waals surface area contributed by atoms with E-state index in [0.29, 0.717) is 22.6 Å².